The number of fused-ring (bicyclic) bond motifs is 3. The highest BCUT2D eigenvalue weighted by Crippen LogP contribution is 2.52. The number of amides is 2. The van der Waals surface area contributed by atoms with Crippen molar-refractivity contribution in [2.24, 2.45) is 17.8 Å². The lowest BCUT2D eigenvalue weighted by Crippen LogP contribution is -2.67. The molecule has 1 saturated heterocycles. The molecule has 2 aliphatic heterocycles. The van der Waals surface area contributed by atoms with Crippen LogP contribution in [0.1, 0.15) is 43.0 Å². The Morgan fingerprint density at radius 2 is 1.97 bits per heavy atom. The van der Waals surface area contributed by atoms with E-state index < -0.39 is 5.72 Å². The second-order valence-corrected chi connectivity index (χ2v) is 9.59. The van der Waals surface area contributed by atoms with Gasteiger partial charge in [-0.05, 0) is 43.9 Å². The molecule has 2 N–H and O–H groups in total. The monoisotopic (exact) mass is 426 g/mol. The maximum Gasteiger partial charge on any atom is 0.258 e. The topological polar surface area (TPSA) is 73.9 Å². The molecule has 3 saturated carbocycles. The van der Waals surface area contributed by atoms with Crippen molar-refractivity contribution in [2.75, 3.05) is 45.8 Å². The van der Waals surface area contributed by atoms with Gasteiger partial charge in [0.15, 0.2) is 5.72 Å². The number of rotatable bonds is 5. The third-order valence-corrected chi connectivity index (χ3v) is 7.94. The van der Waals surface area contributed by atoms with Crippen LogP contribution in [0, 0.1) is 17.8 Å². The van der Waals surface area contributed by atoms with Gasteiger partial charge in [-0.3, -0.25) is 14.5 Å². The quantitative estimate of drug-likeness (QED) is 0.750. The van der Waals surface area contributed by atoms with Crippen LogP contribution in [0.4, 0.5) is 0 Å². The summed E-state index contributed by atoms with van der Waals surface area (Å²) in [7, 11) is 0. The third-order valence-electron chi connectivity index (χ3n) is 7.94. The Morgan fingerprint density at radius 3 is 2.71 bits per heavy atom. The van der Waals surface area contributed by atoms with Crippen molar-refractivity contribution in [1.29, 1.82) is 0 Å². The minimum Gasteiger partial charge on any atom is -0.467 e. The fraction of sp³-hybridized carbons (Fsp3) is 0.667. The fourth-order valence-corrected chi connectivity index (χ4v) is 6.08. The van der Waals surface area contributed by atoms with E-state index >= 15 is 0 Å². The number of para-hydroxylation sites is 1. The van der Waals surface area contributed by atoms with Crippen molar-refractivity contribution in [3.8, 4) is 5.75 Å². The average molecular weight is 427 g/mol. The zero-order valence-electron chi connectivity index (χ0n) is 18.4. The molecule has 2 heterocycles. The highest BCUT2D eigenvalue weighted by molar-refractivity contribution is 5.98. The highest BCUT2D eigenvalue weighted by atomic mass is 16.5. The minimum absolute atomic E-state index is 0.0268. The molecule has 4 fully saturated rings. The smallest absolute Gasteiger partial charge is 0.258 e. The third kappa shape index (κ3) is 3.94. The fourth-order valence-electron chi connectivity index (χ4n) is 6.08. The summed E-state index contributed by atoms with van der Waals surface area (Å²) in [5, 5.41) is 6.37. The molecule has 0 aromatic heterocycles. The lowest BCUT2D eigenvalue weighted by atomic mass is 9.60. The molecule has 1 spiro atoms. The highest BCUT2D eigenvalue weighted by Gasteiger charge is 2.57. The molecular weight excluding hydrogens is 392 g/mol. The average Bonchev–Trinajstić information content (AvgIpc) is 2.79. The van der Waals surface area contributed by atoms with Gasteiger partial charge in [-0.1, -0.05) is 19.1 Å². The Bertz CT molecular complexity index is 838. The Morgan fingerprint density at radius 1 is 1.19 bits per heavy atom. The van der Waals surface area contributed by atoms with E-state index in [1.807, 2.05) is 18.2 Å². The normalized spacial score (nSPS) is 32.9. The van der Waals surface area contributed by atoms with Gasteiger partial charge in [0.1, 0.15) is 5.75 Å². The van der Waals surface area contributed by atoms with E-state index in [4.69, 9.17) is 4.74 Å². The van der Waals surface area contributed by atoms with E-state index in [1.165, 1.54) is 0 Å². The van der Waals surface area contributed by atoms with E-state index in [-0.39, 0.29) is 29.6 Å². The van der Waals surface area contributed by atoms with Crippen molar-refractivity contribution in [2.45, 2.75) is 38.3 Å². The first-order valence-corrected chi connectivity index (χ1v) is 11.9. The summed E-state index contributed by atoms with van der Waals surface area (Å²) in [6.07, 6.45) is 3.53. The number of hydrogen-bond donors (Lipinski definition) is 2. The molecule has 4 atom stereocenters. The molecule has 7 heteroatoms. The number of carbonyl (C=O) groups is 2. The molecule has 6 rings (SSSR count). The van der Waals surface area contributed by atoms with Gasteiger partial charge in [-0.15, -0.1) is 0 Å². The standard InChI is InChI=1S/C24H34N4O3/c1-2-27-11-13-28(14-12-27)10-9-25-22(29)20-15-18-8-7-17(20)16-24(18)26-23(30)19-5-3-4-6-21(19)31-24/h3-6,17-18,20H,2,7-16H2,1H3,(H,25,29)(H,26,30)/t17-,18+,20+,24+/m1/s1. The molecule has 0 radical (unpaired) electrons. The van der Waals surface area contributed by atoms with Crippen molar-refractivity contribution in [3.63, 3.8) is 0 Å². The Kier molecular flexibility index (Phi) is 5.65. The van der Waals surface area contributed by atoms with Crippen LogP contribution in [0.3, 0.4) is 0 Å². The van der Waals surface area contributed by atoms with Crippen molar-refractivity contribution in [1.82, 2.24) is 20.4 Å². The first-order chi connectivity index (χ1) is 15.1. The molecule has 1 aromatic carbocycles. The molecule has 3 aliphatic carbocycles. The van der Waals surface area contributed by atoms with Crippen LogP contribution in [0.25, 0.3) is 0 Å². The van der Waals surface area contributed by atoms with E-state index in [1.54, 1.807) is 6.07 Å². The molecule has 2 bridgehead atoms. The predicted molar refractivity (Wildman–Crippen MR) is 118 cm³/mol. The largest absolute Gasteiger partial charge is 0.467 e. The van der Waals surface area contributed by atoms with Gasteiger partial charge in [0, 0.05) is 57.5 Å². The second kappa shape index (κ2) is 8.43. The van der Waals surface area contributed by atoms with Gasteiger partial charge >= 0.3 is 0 Å². The minimum atomic E-state index is -0.649. The molecule has 31 heavy (non-hydrogen) atoms. The Balaban J connectivity index is 1.16. The lowest BCUT2D eigenvalue weighted by molar-refractivity contribution is -0.146. The van der Waals surface area contributed by atoms with Gasteiger partial charge in [0.2, 0.25) is 5.91 Å². The molecule has 7 nitrogen and oxygen atoms in total. The zero-order chi connectivity index (χ0) is 21.4. The van der Waals surface area contributed by atoms with E-state index in [0.29, 0.717) is 17.9 Å². The first-order valence-electron chi connectivity index (χ1n) is 11.9. The molecule has 0 unspecified atom stereocenters. The van der Waals surface area contributed by atoms with Gasteiger partial charge in [0.05, 0.1) is 5.56 Å². The Labute approximate surface area is 184 Å². The predicted octanol–water partition coefficient (Wildman–Crippen LogP) is 1.70. The first kappa shape index (κ1) is 20.8. The van der Waals surface area contributed by atoms with Crippen LogP contribution < -0.4 is 15.4 Å². The zero-order valence-corrected chi connectivity index (χ0v) is 18.4. The van der Waals surface area contributed by atoms with E-state index in [2.05, 4.69) is 27.4 Å². The number of hydrogen-bond acceptors (Lipinski definition) is 5. The maximum absolute atomic E-state index is 13.0. The summed E-state index contributed by atoms with van der Waals surface area (Å²) in [5.74, 6) is 1.25. The van der Waals surface area contributed by atoms with Crippen molar-refractivity contribution >= 4 is 11.8 Å². The Hall–Kier alpha value is -2.12. The number of likely N-dealkylation sites (N-methyl/N-ethyl adjacent to an activating group) is 1. The summed E-state index contributed by atoms with van der Waals surface area (Å²) in [6, 6.07) is 7.45. The number of ether oxygens (including phenoxy) is 1. The second-order valence-electron chi connectivity index (χ2n) is 9.59. The summed E-state index contributed by atoms with van der Waals surface area (Å²) in [5.41, 5.74) is -0.0481. The SMILES string of the molecule is CCN1CCN(CCNC(=O)[C@H]2C[C@@H]3CC[C@@H]2C[C@@]32NC(=O)c3ccccc3O2)CC1. The van der Waals surface area contributed by atoms with Gasteiger partial charge in [-0.2, -0.15) is 0 Å². The summed E-state index contributed by atoms with van der Waals surface area (Å²) in [4.78, 5) is 30.6. The van der Waals surface area contributed by atoms with Gasteiger partial charge < -0.3 is 20.3 Å². The maximum atomic E-state index is 13.0. The number of carbonyl (C=O) groups excluding carboxylic acids is 2. The van der Waals surface area contributed by atoms with Gasteiger partial charge in [-0.25, -0.2) is 0 Å². The van der Waals surface area contributed by atoms with Crippen molar-refractivity contribution < 1.29 is 14.3 Å². The van der Waals surface area contributed by atoms with Crippen LogP contribution in [-0.4, -0.2) is 73.2 Å². The molecule has 2 amide bonds. The van der Waals surface area contributed by atoms with E-state index in [0.717, 1.165) is 65.0 Å². The van der Waals surface area contributed by atoms with Crippen molar-refractivity contribution in [3.05, 3.63) is 29.8 Å². The summed E-state index contributed by atoms with van der Waals surface area (Å²) >= 11 is 0. The molecular formula is C24H34N4O3. The lowest BCUT2D eigenvalue weighted by Gasteiger charge is -2.55. The van der Waals surface area contributed by atoms with Gasteiger partial charge in [0.25, 0.3) is 5.91 Å². The summed E-state index contributed by atoms with van der Waals surface area (Å²) in [6.45, 7) is 9.36. The number of nitrogens with one attached hydrogen (secondary N) is 2. The van der Waals surface area contributed by atoms with Crippen LogP contribution in [0.5, 0.6) is 5.75 Å². The van der Waals surface area contributed by atoms with Crippen LogP contribution >= 0.6 is 0 Å². The molecule has 168 valence electrons. The van der Waals surface area contributed by atoms with Crippen LogP contribution in [-0.2, 0) is 4.79 Å². The molecule has 5 aliphatic rings. The summed E-state index contributed by atoms with van der Waals surface area (Å²) < 4.78 is 6.40. The van der Waals surface area contributed by atoms with E-state index in [9.17, 15) is 9.59 Å². The number of nitrogens with zero attached hydrogens (tertiary/aromatic N) is 2. The number of benzene rings is 1. The molecule has 1 aromatic rings. The number of piperazine rings is 1. The van der Waals surface area contributed by atoms with Crippen LogP contribution in [0.15, 0.2) is 24.3 Å². The van der Waals surface area contributed by atoms with Crippen LogP contribution in [0.2, 0.25) is 0 Å².